The summed E-state index contributed by atoms with van der Waals surface area (Å²) in [7, 11) is -4.68. The van der Waals surface area contributed by atoms with Crippen LogP contribution in [0.3, 0.4) is 0 Å². The molecule has 0 saturated heterocycles. The van der Waals surface area contributed by atoms with E-state index in [-0.39, 0.29) is 68.0 Å². The van der Waals surface area contributed by atoms with E-state index < -0.39 is 27.1 Å². The molecule has 0 aliphatic rings. The van der Waals surface area contributed by atoms with Crippen LogP contribution in [0.1, 0.15) is 17.4 Å². The molecule has 0 amide bonds. The van der Waals surface area contributed by atoms with Crippen molar-refractivity contribution >= 4 is 77.7 Å². The second kappa shape index (κ2) is 8.97. The Balaban J connectivity index is 0.00000280. The van der Waals surface area contributed by atoms with E-state index in [9.17, 15) is 28.3 Å². The molecule has 0 radical (unpaired) electrons. The molecule has 0 aromatic heterocycles. The van der Waals surface area contributed by atoms with Gasteiger partial charge in [0.05, 0.1) is 10.6 Å². The maximum absolute atomic E-state index is 11.4. The van der Waals surface area contributed by atoms with Gasteiger partial charge in [0, 0.05) is 17.2 Å². The van der Waals surface area contributed by atoms with Crippen molar-refractivity contribution in [1.29, 1.82) is 0 Å². The maximum Gasteiger partial charge on any atom is 2.00 e. The Labute approximate surface area is 198 Å². The average Bonchev–Trinajstić information content (AvgIpc) is 2.60. The molecule has 2 N–H and O–H groups in total. The van der Waals surface area contributed by atoms with Gasteiger partial charge in [0.15, 0.2) is 0 Å². The average molecular weight is 474 g/mol. The monoisotopic (exact) mass is 474 g/mol. The standard InChI is InChI=1S/C18H15N2O6S.Sr/c1-10-6-7-12(9-15(10)27(24,25)26)19-20-16-13-5-3-2-4-11(13)8-14(17(16)21)18(22)23;/h2-9,18,21-22H,1H3,(H,24,25,26);/q-1;+2/p-1. The van der Waals surface area contributed by atoms with Gasteiger partial charge in [-0.25, -0.2) is 8.42 Å². The van der Waals surface area contributed by atoms with Crippen LogP contribution >= 0.6 is 0 Å². The molecule has 0 aliphatic heterocycles. The Morgan fingerprint density at radius 3 is 2.39 bits per heavy atom. The number of fused-ring (bicyclic) bond motifs is 1. The molecule has 28 heavy (non-hydrogen) atoms. The number of hydrogen-bond donors (Lipinski definition) is 2. The Morgan fingerprint density at radius 1 is 1.07 bits per heavy atom. The van der Waals surface area contributed by atoms with Crippen LogP contribution in [0.5, 0.6) is 5.75 Å². The molecule has 8 nitrogen and oxygen atoms in total. The number of nitrogens with zero attached hydrogens (tertiary/aromatic N) is 2. The summed E-state index contributed by atoms with van der Waals surface area (Å²) in [6.07, 6.45) is -2.17. The molecule has 10 heteroatoms. The van der Waals surface area contributed by atoms with Crippen LogP contribution in [-0.2, 0) is 10.1 Å². The van der Waals surface area contributed by atoms with Gasteiger partial charge in [0.1, 0.15) is 21.6 Å². The molecule has 1 atom stereocenters. The summed E-state index contributed by atoms with van der Waals surface area (Å²) < 4.78 is 33.9. The fraction of sp³-hybridized carbons (Fsp3) is 0.111. The Hall–Kier alpha value is -1.37. The van der Waals surface area contributed by atoms with Gasteiger partial charge in [-0.15, -0.1) is 5.11 Å². The maximum atomic E-state index is 11.4. The molecule has 3 rings (SSSR count). The van der Waals surface area contributed by atoms with Crippen LogP contribution in [0.2, 0.25) is 0 Å². The quantitative estimate of drug-likeness (QED) is 0.257. The molecule has 3 aromatic carbocycles. The molecular formula is C18H14N2O6SSr. The molecule has 0 spiro atoms. The SMILES string of the molecule is Cc1ccc(N=Nc2c(O)c(C([O-])O)cc3ccccc23)cc1S(=O)(=O)[O-].[Sr+2]. The Morgan fingerprint density at radius 2 is 1.75 bits per heavy atom. The van der Waals surface area contributed by atoms with E-state index in [1.165, 1.54) is 25.1 Å². The van der Waals surface area contributed by atoms with Gasteiger partial charge in [-0.1, -0.05) is 30.3 Å². The summed E-state index contributed by atoms with van der Waals surface area (Å²) in [5, 5.41) is 39.9. The second-order valence-corrected chi connectivity index (χ2v) is 7.19. The van der Waals surface area contributed by atoms with Crippen molar-refractivity contribution in [3.63, 3.8) is 0 Å². The van der Waals surface area contributed by atoms with Gasteiger partial charge < -0.3 is 19.9 Å². The van der Waals surface area contributed by atoms with Crippen LogP contribution in [0, 0.1) is 6.92 Å². The fourth-order valence-electron chi connectivity index (χ4n) is 2.66. The smallest absolute Gasteiger partial charge is 0.828 e. The number of phenolic OH excluding ortho intramolecular Hbond substituents is 1. The molecule has 0 saturated carbocycles. The number of aliphatic hydroxyl groups is 1. The number of aromatic hydroxyl groups is 1. The molecular weight excluding hydrogens is 460 g/mol. The van der Waals surface area contributed by atoms with Gasteiger partial charge in [0.2, 0.25) is 0 Å². The van der Waals surface area contributed by atoms with E-state index in [4.69, 9.17) is 0 Å². The fourth-order valence-corrected chi connectivity index (χ4v) is 3.38. The molecule has 0 aliphatic carbocycles. The number of azo groups is 1. The molecule has 0 fully saturated rings. The minimum Gasteiger partial charge on any atom is -0.828 e. The normalized spacial score (nSPS) is 12.9. The van der Waals surface area contributed by atoms with Crippen molar-refractivity contribution in [1.82, 2.24) is 0 Å². The van der Waals surface area contributed by atoms with Crippen LogP contribution < -0.4 is 5.11 Å². The third kappa shape index (κ3) is 4.78. The third-order valence-electron chi connectivity index (χ3n) is 4.00. The Bertz CT molecular complexity index is 1160. The zero-order chi connectivity index (χ0) is 19.8. The van der Waals surface area contributed by atoms with Gasteiger partial charge >= 0.3 is 45.5 Å². The van der Waals surface area contributed by atoms with Crippen LogP contribution in [0.15, 0.2) is 63.7 Å². The molecule has 0 bridgehead atoms. The van der Waals surface area contributed by atoms with E-state index >= 15 is 0 Å². The van der Waals surface area contributed by atoms with Crippen molar-refractivity contribution in [3.8, 4) is 5.75 Å². The molecule has 140 valence electrons. The predicted octanol–water partition coefficient (Wildman–Crippen LogP) is 2.14. The Kier molecular flexibility index (Phi) is 7.34. The van der Waals surface area contributed by atoms with E-state index in [1.807, 2.05) is 0 Å². The first-order chi connectivity index (χ1) is 12.7. The van der Waals surface area contributed by atoms with Crippen molar-refractivity contribution in [2.75, 3.05) is 0 Å². The number of rotatable bonds is 4. The van der Waals surface area contributed by atoms with Crippen molar-refractivity contribution in [3.05, 3.63) is 59.7 Å². The molecule has 0 heterocycles. The van der Waals surface area contributed by atoms with Gasteiger partial charge in [0.25, 0.3) is 0 Å². The zero-order valence-corrected chi connectivity index (χ0v) is 19.0. The predicted molar refractivity (Wildman–Crippen MR) is 99.6 cm³/mol. The number of aryl methyl sites for hydroxylation is 1. The van der Waals surface area contributed by atoms with Crippen LogP contribution in [0.25, 0.3) is 10.8 Å². The van der Waals surface area contributed by atoms with E-state index in [2.05, 4.69) is 10.2 Å². The first-order valence-electron chi connectivity index (χ1n) is 7.75. The van der Waals surface area contributed by atoms with Crippen molar-refractivity contribution in [2.45, 2.75) is 18.1 Å². The second-order valence-electron chi connectivity index (χ2n) is 5.84. The summed E-state index contributed by atoms with van der Waals surface area (Å²) in [6.45, 7) is 1.48. The number of benzene rings is 3. The number of hydrogen-bond acceptors (Lipinski definition) is 8. The summed E-state index contributed by atoms with van der Waals surface area (Å²) >= 11 is 0. The largest absolute Gasteiger partial charge is 2.00 e. The zero-order valence-electron chi connectivity index (χ0n) is 14.7. The van der Waals surface area contributed by atoms with Crippen LogP contribution in [0.4, 0.5) is 11.4 Å². The van der Waals surface area contributed by atoms with E-state index in [0.717, 1.165) is 6.07 Å². The summed E-state index contributed by atoms with van der Waals surface area (Å²) in [4.78, 5) is -0.420. The van der Waals surface area contributed by atoms with E-state index in [0.29, 0.717) is 10.8 Å². The first-order valence-corrected chi connectivity index (χ1v) is 9.16. The van der Waals surface area contributed by atoms with Gasteiger partial charge in [-0.3, -0.25) is 0 Å². The van der Waals surface area contributed by atoms with Gasteiger partial charge in [-0.05, 0) is 36.1 Å². The topological polar surface area (TPSA) is 145 Å². The first kappa shape index (κ1) is 22.9. The van der Waals surface area contributed by atoms with Crippen molar-refractivity contribution in [2.24, 2.45) is 10.2 Å². The molecule has 3 aromatic rings. The summed E-state index contributed by atoms with van der Waals surface area (Å²) in [6, 6.07) is 12.0. The number of phenols is 1. The van der Waals surface area contributed by atoms with Gasteiger partial charge in [-0.2, -0.15) is 5.11 Å². The van der Waals surface area contributed by atoms with E-state index in [1.54, 1.807) is 24.3 Å². The summed E-state index contributed by atoms with van der Waals surface area (Å²) in [5.74, 6) is -0.524. The third-order valence-corrected chi connectivity index (χ3v) is 4.98. The minimum atomic E-state index is -4.68. The van der Waals surface area contributed by atoms with Crippen molar-refractivity contribution < 1.29 is 28.3 Å². The molecule has 1 unspecified atom stereocenters. The van der Waals surface area contributed by atoms with Crippen LogP contribution in [-0.4, -0.2) is 68.7 Å². The number of aliphatic hydroxyl groups excluding tert-OH is 1. The minimum absolute atomic E-state index is 0. The summed E-state index contributed by atoms with van der Waals surface area (Å²) in [5.41, 5.74) is 0.0415.